The van der Waals surface area contributed by atoms with Gasteiger partial charge in [-0.25, -0.2) is 14.2 Å². The van der Waals surface area contributed by atoms with E-state index < -0.39 is 23.3 Å². The lowest BCUT2D eigenvalue weighted by Crippen LogP contribution is -2.45. The fraction of sp³-hybridized carbons (Fsp3) is 0.304. The molecule has 1 atom stereocenters. The molecule has 0 amide bonds. The number of hydrogen-bond donors (Lipinski definition) is 1. The number of carboxylic acids is 1. The Balaban J connectivity index is 1.77. The van der Waals surface area contributed by atoms with Crippen LogP contribution in [-0.4, -0.2) is 24.6 Å². The zero-order valence-corrected chi connectivity index (χ0v) is 18.0. The maximum Gasteiger partial charge on any atom is 0.332 e. The molecule has 1 fully saturated rings. The molecule has 0 spiro atoms. The second kappa shape index (κ2) is 7.16. The number of nitrogens with zero attached hydrogens (tertiary/aromatic N) is 3. The monoisotopic (exact) mass is 435 g/mol. The van der Waals surface area contributed by atoms with Gasteiger partial charge in [0.2, 0.25) is 0 Å². The molecule has 31 heavy (non-hydrogen) atoms. The van der Waals surface area contributed by atoms with E-state index in [0.717, 1.165) is 31.5 Å². The lowest BCUT2D eigenvalue weighted by molar-refractivity contribution is -0.141. The van der Waals surface area contributed by atoms with Gasteiger partial charge in [-0.2, -0.15) is 4.37 Å². The van der Waals surface area contributed by atoms with E-state index in [9.17, 15) is 19.5 Å². The Hall–Kier alpha value is -3.26. The molecular weight excluding hydrogens is 414 g/mol. The molecule has 1 aliphatic carbocycles. The number of aryl methyl sites for hydroxylation is 2. The highest BCUT2D eigenvalue weighted by molar-refractivity contribution is 7.13. The summed E-state index contributed by atoms with van der Waals surface area (Å²) >= 11 is 1.38. The highest BCUT2D eigenvalue weighted by Crippen LogP contribution is 2.39. The number of hydrogen-bond acceptors (Lipinski definition) is 5. The molecule has 1 N–H and O–H groups in total. The molecule has 0 unspecified atom stereocenters. The van der Waals surface area contributed by atoms with Gasteiger partial charge in [0.15, 0.2) is 0 Å². The molecule has 2 aromatic carbocycles. The van der Waals surface area contributed by atoms with Crippen molar-refractivity contribution >= 4 is 38.5 Å². The van der Waals surface area contributed by atoms with E-state index in [-0.39, 0.29) is 12.5 Å². The predicted octanol–water partition coefficient (Wildman–Crippen LogP) is 3.47. The molecule has 0 bridgehead atoms. The molecule has 7 nitrogen and oxygen atoms in total. The van der Waals surface area contributed by atoms with Gasteiger partial charge >= 0.3 is 11.7 Å². The van der Waals surface area contributed by atoms with Crippen molar-refractivity contribution in [1.29, 1.82) is 0 Å². The predicted molar refractivity (Wildman–Crippen MR) is 120 cm³/mol. The third-order valence-corrected chi connectivity index (χ3v) is 6.81. The maximum absolute atomic E-state index is 13.5. The van der Waals surface area contributed by atoms with Crippen LogP contribution in [0.2, 0.25) is 0 Å². The molecule has 1 saturated carbocycles. The summed E-state index contributed by atoms with van der Waals surface area (Å²) in [7, 11) is 0. The number of para-hydroxylation sites is 1. The topological polar surface area (TPSA) is 94.2 Å². The zero-order valence-electron chi connectivity index (χ0n) is 17.2. The Morgan fingerprint density at radius 3 is 2.68 bits per heavy atom. The molecule has 8 heteroatoms. The molecule has 5 rings (SSSR count). The van der Waals surface area contributed by atoms with Gasteiger partial charge in [0, 0.05) is 5.39 Å². The van der Waals surface area contributed by atoms with Crippen LogP contribution >= 0.6 is 11.5 Å². The van der Waals surface area contributed by atoms with Crippen molar-refractivity contribution in [3.8, 4) is 0 Å². The van der Waals surface area contributed by atoms with E-state index in [1.165, 1.54) is 16.1 Å². The number of aromatic nitrogens is 3. The van der Waals surface area contributed by atoms with E-state index in [2.05, 4.69) is 16.5 Å². The average Bonchev–Trinajstić information content (AvgIpc) is 3.47. The van der Waals surface area contributed by atoms with Crippen LogP contribution in [0.3, 0.4) is 0 Å². The van der Waals surface area contributed by atoms with E-state index in [0.29, 0.717) is 23.7 Å². The van der Waals surface area contributed by atoms with Crippen molar-refractivity contribution in [1.82, 2.24) is 13.5 Å². The summed E-state index contributed by atoms with van der Waals surface area (Å²) in [4.78, 5) is 38.7. The van der Waals surface area contributed by atoms with Gasteiger partial charge < -0.3 is 5.11 Å². The van der Waals surface area contributed by atoms with Crippen molar-refractivity contribution in [2.75, 3.05) is 0 Å². The number of rotatable bonds is 5. The minimum Gasteiger partial charge on any atom is -0.480 e. The van der Waals surface area contributed by atoms with Crippen LogP contribution in [0.25, 0.3) is 21.0 Å². The van der Waals surface area contributed by atoms with Gasteiger partial charge in [-0.05, 0) is 73.5 Å². The van der Waals surface area contributed by atoms with Crippen molar-refractivity contribution in [3.63, 3.8) is 0 Å². The molecule has 4 aromatic rings. The van der Waals surface area contributed by atoms with Crippen molar-refractivity contribution in [2.45, 2.75) is 39.3 Å². The van der Waals surface area contributed by atoms with Gasteiger partial charge in [0.25, 0.3) is 5.56 Å². The quantitative estimate of drug-likeness (QED) is 0.518. The van der Waals surface area contributed by atoms with Gasteiger partial charge in [-0.1, -0.05) is 18.2 Å². The molecule has 0 saturated heterocycles. The lowest BCUT2D eigenvalue weighted by Gasteiger charge is -2.18. The first-order valence-corrected chi connectivity index (χ1v) is 11.0. The van der Waals surface area contributed by atoms with E-state index >= 15 is 0 Å². The molecule has 2 aromatic heterocycles. The normalized spacial score (nSPS) is 14.9. The molecular formula is C23H21N3O4S. The number of carboxylic acid groups (broad SMARTS) is 1. The molecule has 2 heterocycles. The molecule has 158 valence electrons. The van der Waals surface area contributed by atoms with Crippen molar-refractivity contribution < 1.29 is 9.90 Å². The van der Waals surface area contributed by atoms with E-state index in [4.69, 9.17) is 0 Å². The number of fused-ring (bicyclic) bond motifs is 2. The smallest absolute Gasteiger partial charge is 0.332 e. The number of carbonyl (C=O) groups is 1. The Morgan fingerprint density at radius 2 is 1.97 bits per heavy atom. The largest absolute Gasteiger partial charge is 0.480 e. The van der Waals surface area contributed by atoms with Gasteiger partial charge in [0.1, 0.15) is 6.04 Å². The van der Waals surface area contributed by atoms with Gasteiger partial charge in [0.05, 0.1) is 27.8 Å². The van der Waals surface area contributed by atoms with Crippen LogP contribution in [0, 0.1) is 19.8 Å². The summed E-state index contributed by atoms with van der Waals surface area (Å²) in [6.45, 7) is 4.22. The SMILES string of the molecule is Cc1cc(C)c2c(Cn3c(=O)n([C@@H](C(=O)O)C4CC4)c(=O)c4ccccc43)nsc2c1. The lowest BCUT2D eigenvalue weighted by atomic mass is 10.1. The van der Waals surface area contributed by atoms with Crippen LogP contribution in [0.15, 0.2) is 46.0 Å². The van der Waals surface area contributed by atoms with E-state index in [1.807, 2.05) is 13.8 Å². The summed E-state index contributed by atoms with van der Waals surface area (Å²) in [6, 6.07) is 9.86. The van der Waals surface area contributed by atoms with E-state index in [1.54, 1.807) is 24.3 Å². The van der Waals surface area contributed by atoms with Crippen molar-refractivity contribution in [3.05, 3.63) is 74.1 Å². The Morgan fingerprint density at radius 1 is 1.23 bits per heavy atom. The second-order valence-electron chi connectivity index (χ2n) is 8.27. The van der Waals surface area contributed by atoms with Crippen LogP contribution in [0.4, 0.5) is 0 Å². The Labute approximate surface area is 181 Å². The minimum absolute atomic E-state index is 0.167. The van der Waals surface area contributed by atoms with Gasteiger partial charge in [-0.15, -0.1) is 0 Å². The zero-order chi connectivity index (χ0) is 21.9. The number of benzene rings is 2. The third-order valence-electron chi connectivity index (χ3n) is 5.98. The molecule has 0 radical (unpaired) electrons. The standard InChI is InChI=1S/C23H21N3O4S/c1-12-9-13(2)19-16(24-31-18(19)10-12)11-25-17-6-4-3-5-15(17)21(27)26(23(25)30)20(22(28)29)14-7-8-14/h3-6,9-10,14,20H,7-8,11H2,1-2H3,(H,28,29)/t20-/m1/s1. The average molecular weight is 436 g/mol. The molecule has 1 aliphatic rings. The summed E-state index contributed by atoms with van der Waals surface area (Å²) in [6.07, 6.45) is 1.40. The van der Waals surface area contributed by atoms with Crippen molar-refractivity contribution in [2.24, 2.45) is 5.92 Å². The van der Waals surface area contributed by atoms with Crippen LogP contribution in [0.5, 0.6) is 0 Å². The van der Waals surface area contributed by atoms with Gasteiger partial charge in [-0.3, -0.25) is 9.36 Å². The highest BCUT2D eigenvalue weighted by Gasteiger charge is 2.40. The minimum atomic E-state index is -1.15. The fourth-order valence-electron chi connectivity index (χ4n) is 4.45. The van der Waals surface area contributed by atoms with Crippen LogP contribution in [-0.2, 0) is 11.3 Å². The first-order valence-electron chi connectivity index (χ1n) is 10.2. The second-order valence-corrected chi connectivity index (χ2v) is 9.07. The molecule has 0 aliphatic heterocycles. The highest BCUT2D eigenvalue weighted by atomic mass is 32.1. The first-order chi connectivity index (χ1) is 14.9. The Kier molecular flexibility index (Phi) is 4.55. The van der Waals surface area contributed by atoms with Crippen LogP contribution < -0.4 is 11.2 Å². The van der Waals surface area contributed by atoms with Crippen LogP contribution in [0.1, 0.15) is 35.7 Å². The summed E-state index contributed by atoms with van der Waals surface area (Å²) < 4.78 is 8.07. The first kappa shape index (κ1) is 19.7. The number of aliphatic carboxylic acids is 1. The third kappa shape index (κ3) is 3.18. The Bertz CT molecular complexity index is 1480. The summed E-state index contributed by atoms with van der Waals surface area (Å²) in [5.41, 5.74) is 2.30. The fourth-order valence-corrected chi connectivity index (χ4v) is 5.42. The summed E-state index contributed by atoms with van der Waals surface area (Å²) in [5.74, 6) is -1.34. The summed E-state index contributed by atoms with van der Waals surface area (Å²) in [5, 5.41) is 11.1. The maximum atomic E-state index is 13.5.